The number of hydrogen-bond acceptors (Lipinski definition) is 5. The second-order valence-corrected chi connectivity index (χ2v) is 6.78. The Morgan fingerprint density at radius 3 is 2.52 bits per heavy atom. The molecule has 1 aromatic rings. The van der Waals surface area contributed by atoms with E-state index in [1.807, 2.05) is 0 Å². The number of rotatable bonds is 5. The molecule has 0 spiro atoms. The summed E-state index contributed by atoms with van der Waals surface area (Å²) in [4.78, 5) is 0.0159. The van der Waals surface area contributed by atoms with Crippen molar-refractivity contribution in [2.45, 2.75) is 42.7 Å². The van der Waals surface area contributed by atoms with Crippen LogP contribution in [0.2, 0.25) is 0 Å². The van der Waals surface area contributed by atoms with Gasteiger partial charge in [0.05, 0.1) is 20.3 Å². The summed E-state index contributed by atoms with van der Waals surface area (Å²) >= 11 is 0. The van der Waals surface area contributed by atoms with Gasteiger partial charge in [-0.25, -0.2) is 13.1 Å². The molecule has 0 saturated heterocycles. The molecule has 0 aliphatic heterocycles. The predicted molar refractivity (Wildman–Crippen MR) is 78.1 cm³/mol. The lowest BCUT2D eigenvalue weighted by Crippen LogP contribution is -2.45. The van der Waals surface area contributed by atoms with E-state index >= 15 is 0 Å². The van der Waals surface area contributed by atoms with Crippen molar-refractivity contribution >= 4 is 10.0 Å². The fourth-order valence-corrected chi connectivity index (χ4v) is 3.99. The van der Waals surface area contributed by atoms with Crippen molar-refractivity contribution in [2.75, 3.05) is 14.2 Å². The van der Waals surface area contributed by atoms with Gasteiger partial charge in [0.25, 0.3) is 0 Å². The van der Waals surface area contributed by atoms with E-state index < -0.39 is 22.2 Å². The normalized spacial score (nSPS) is 22.8. The number of aliphatic hydroxyl groups excluding tert-OH is 1. The van der Waals surface area contributed by atoms with Gasteiger partial charge in [-0.05, 0) is 25.0 Å². The highest BCUT2D eigenvalue weighted by Crippen LogP contribution is 2.29. The maximum atomic E-state index is 12.5. The molecule has 1 aliphatic rings. The highest BCUT2D eigenvalue weighted by molar-refractivity contribution is 7.89. The minimum absolute atomic E-state index is 0.0159. The van der Waals surface area contributed by atoms with Gasteiger partial charge in [0.2, 0.25) is 10.0 Å². The molecule has 0 aromatic heterocycles. The van der Waals surface area contributed by atoms with Crippen LogP contribution in [-0.2, 0) is 10.0 Å². The Morgan fingerprint density at radius 1 is 1.19 bits per heavy atom. The van der Waals surface area contributed by atoms with Crippen molar-refractivity contribution in [3.8, 4) is 11.5 Å². The third-order valence-electron chi connectivity index (χ3n) is 3.70. The van der Waals surface area contributed by atoms with Gasteiger partial charge in [0.15, 0.2) is 0 Å². The zero-order valence-electron chi connectivity index (χ0n) is 12.2. The standard InChI is InChI=1S/C14H21NO5S/c1-19-10-7-8-13(20-2)14(9-10)21(17,18)15-11-5-3-4-6-12(11)16/h7-9,11-12,15-16H,3-6H2,1-2H3/t11-,12-/m1/s1. The summed E-state index contributed by atoms with van der Waals surface area (Å²) in [7, 11) is -0.901. The molecule has 1 saturated carbocycles. The zero-order valence-corrected chi connectivity index (χ0v) is 13.0. The van der Waals surface area contributed by atoms with Crippen LogP contribution in [0.3, 0.4) is 0 Å². The lowest BCUT2D eigenvalue weighted by Gasteiger charge is -2.28. The average Bonchev–Trinajstić information content (AvgIpc) is 2.48. The van der Waals surface area contributed by atoms with Crippen LogP contribution in [0, 0.1) is 0 Å². The molecule has 1 aromatic carbocycles. The van der Waals surface area contributed by atoms with Crippen LogP contribution in [0.15, 0.2) is 23.1 Å². The molecule has 0 heterocycles. The Hall–Kier alpha value is -1.31. The summed E-state index contributed by atoms with van der Waals surface area (Å²) in [5, 5.41) is 9.92. The number of hydrogen-bond donors (Lipinski definition) is 2. The maximum absolute atomic E-state index is 12.5. The molecule has 1 aliphatic carbocycles. The average molecular weight is 315 g/mol. The SMILES string of the molecule is COc1ccc(OC)c(S(=O)(=O)N[C@@H]2CCCC[C@H]2O)c1. The quantitative estimate of drug-likeness (QED) is 0.855. The monoisotopic (exact) mass is 315 g/mol. The van der Waals surface area contributed by atoms with E-state index in [1.54, 1.807) is 12.1 Å². The second kappa shape index (κ2) is 6.64. The third kappa shape index (κ3) is 3.66. The van der Waals surface area contributed by atoms with E-state index in [4.69, 9.17) is 9.47 Å². The van der Waals surface area contributed by atoms with Crippen molar-refractivity contribution in [1.82, 2.24) is 4.72 Å². The van der Waals surface area contributed by atoms with Gasteiger partial charge in [-0.1, -0.05) is 12.8 Å². The van der Waals surface area contributed by atoms with E-state index in [2.05, 4.69) is 4.72 Å². The Balaban J connectivity index is 2.30. The molecular weight excluding hydrogens is 294 g/mol. The van der Waals surface area contributed by atoms with E-state index in [-0.39, 0.29) is 10.6 Å². The Labute approximate surface area is 125 Å². The lowest BCUT2D eigenvalue weighted by atomic mass is 9.93. The number of methoxy groups -OCH3 is 2. The van der Waals surface area contributed by atoms with Gasteiger partial charge in [-0.3, -0.25) is 0 Å². The fourth-order valence-electron chi connectivity index (χ4n) is 2.51. The van der Waals surface area contributed by atoms with Gasteiger partial charge in [-0.2, -0.15) is 0 Å². The number of aliphatic hydroxyl groups is 1. The molecule has 2 rings (SSSR count). The van der Waals surface area contributed by atoms with Crippen LogP contribution < -0.4 is 14.2 Å². The smallest absolute Gasteiger partial charge is 0.244 e. The van der Waals surface area contributed by atoms with E-state index in [0.29, 0.717) is 18.6 Å². The topological polar surface area (TPSA) is 84.9 Å². The van der Waals surface area contributed by atoms with Crippen LogP contribution in [0.25, 0.3) is 0 Å². The van der Waals surface area contributed by atoms with Gasteiger partial charge >= 0.3 is 0 Å². The first-order valence-corrected chi connectivity index (χ1v) is 8.38. The summed E-state index contributed by atoms with van der Waals surface area (Å²) in [5.41, 5.74) is 0. The third-order valence-corrected chi connectivity index (χ3v) is 5.21. The van der Waals surface area contributed by atoms with Crippen LogP contribution in [-0.4, -0.2) is 39.9 Å². The van der Waals surface area contributed by atoms with E-state index in [1.165, 1.54) is 20.3 Å². The molecule has 6 nitrogen and oxygen atoms in total. The molecule has 7 heteroatoms. The number of ether oxygens (including phenoxy) is 2. The van der Waals surface area contributed by atoms with Crippen LogP contribution in [0.5, 0.6) is 11.5 Å². The van der Waals surface area contributed by atoms with Crippen molar-refractivity contribution in [3.63, 3.8) is 0 Å². The molecule has 0 bridgehead atoms. The van der Waals surface area contributed by atoms with Crippen LogP contribution in [0.4, 0.5) is 0 Å². The maximum Gasteiger partial charge on any atom is 0.244 e. The Kier molecular flexibility index (Phi) is 5.08. The van der Waals surface area contributed by atoms with Crippen LogP contribution >= 0.6 is 0 Å². The molecule has 21 heavy (non-hydrogen) atoms. The summed E-state index contributed by atoms with van der Waals surface area (Å²) in [6, 6.07) is 4.13. The summed E-state index contributed by atoms with van der Waals surface area (Å²) in [5.74, 6) is 0.675. The summed E-state index contributed by atoms with van der Waals surface area (Å²) in [6.45, 7) is 0. The number of nitrogens with one attached hydrogen (secondary N) is 1. The predicted octanol–water partition coefficient (Wildman–Crippen LogP) is 1.29. The molecule has 0 unspecified atom stereocenters. The van der Waals surface area contributed by atoms with Crippen molar-refractivity contribution in [3.05, 3.63) is 18.2 Å². The van der Waals surface area contributed by atoms with Crippen molar-refractivity contribution in [2.24, 2.45) is 0 Å². The minimum Gasteiger partial charge on any atom is -0.497 e. The van der Waals surface area contributed by atoms with Crippen molar-refractivity contribution in [1.29, 1.82) is 0 Å². The van der Waals surface area contributed by atoms with Crippen LogP contribution in [0.1, 0.15) is 25.7 Å². The lowest BCUT2D eigenvalue weighted by molar-refractivity contribution is 0.101. The molecular formula is C14H21NO5S. The zero-order chi connectivity index (χ0) is 15.5. The Bertz CT molecular complexity index is 587. The number of benzene rings is 1. The first-order valence-electron chi connectivity index (χ1n) is 6.90. The second-order valence-electron chi connectivity index (χ2n) is 5.10. The number of sulfonamides is 1. The van der Waals surface area contributed by atoms with Gasteiger partial charge in [-0.15, -0.1) is 0 Å². The first-order chi connectivity index (χ1) is 9.97. The van der Waals surface area contributed by atoms with E-state index in [0.717, 1.165) is 12.8 Å². The highest BCUT2D eigenvalue weighted by atomic mass is 32.2. The van der Waals surface area contributed by atoms with Gasteiger partial charge < -0.3 is 14.6 Å². The molecule has 1 fully saturated rings. The van der Waals surface area contributed by atoms with Crippen molar-refractivity contribution < 1.29 is 23.0 Å². The largest absolute Gasteiger partial charge is 0.497 e. The summed E-state index contributed by atoms with van der Waals surface area (Å²) < 4.78 is 37.8. The molecule has 0 amide bonds. The molecule has 0 radical (unpaired) electrons. The molecule has 2 atom stereocenters. The Morgan fingerprint density at radius 2 is 1.90 bits per heavy atom. The van der Waals surface area contributed by atoms with Gasteiger partial charge in [0, 0.05) is 12.1 Å². The minimum atomic E-state index is -3.78. The molecule has 2 N–H and O–H groups in total. The summed E-state index contributed by atoms with van der Waals surface area (Å²) in [6.07, 6.45) is 2.42. The first kappa shape index (κ1) is 16.1. The van der Waals surface area contributed by atoms with Gasteiger partial charge in [0.1, 0.15) is 16.4 Å². The highest BCUT2D eigenvalue weighted by Gasteiger charge is 2.30. The molecule has 118 valence electrons. The van der Waals surface area contributed by atoms with E-state index in [9.17, 15) is 13.5 Å². The fraction of sp³-hybridized carbons (Fsp3) is 0.571.